The molecule has 6 heteroatoms. The summed E-state index contributed by atoms with van der Waals surface area (Å²) in [5.74, 6) is -0.929. The molecule has 5 nitrogen and oxygen atoms in total. The molecule has 2 aromatic carbocycles. The van der Waals surface area contributed by atoms with Crippen LogP contribution in [0.4, 0.5) is 10.1 Å². The first-order chi connectivity index (χ1) is 13.0. The zero-order valence-electron chi connectivity index (χ0n) is 15.7. The SMILES string of the molecule is CCN(CC)CCOC(=O)c1ccc(NC(=O)Cc2ccc(F)cc2)cc1. The van der Waals surface area contributed by atoms with Crippen LogP contribution in [0.15, 0.2) is 48.5 Å². The van der Waals surface area contributed by atoms with Gasteiger partial charge in [0.1, 0.15) is 12.4 Å². The summed E-state index contributed by atoms with van der Waals surface area (Å²) in [6.07, 6.45) is 0.148. The molecule has 144 valence electrons. The molecule has 0 atom stereocenters. The van der Waals surface area contributed by atoms with Gasteiger partial charge in [0, 0.05) is 12.2 Å². The monoisotopic (exact) mass is 372 g/mol. The van der Waals surface area contributed by atoms with Crippen LogP contribution in [0.2, 0.25) is 0 Å². The molecular formula is C21H25FN2O3. The number of amides is 1. The van der Waals surface area contributed by atoms with E-state index in [1.54, 1.807) is 36.4 Å². The van der Waals surface area contributed by atoms with Gasteiger partial charge in [-0.05, 0) is 55.1 Å². The van der Waals surface area contributed by atoms with E-state index in [0.29, 0.717) is 24.4 Å². The molecule has 0 aliphatic carbocycles. The largest absolute Gasteiger partial charge is 0.461 e. The summed E-state index contributed by atoms with van der Waals surface area (Å²) in [6.45, 7) is 7.01. The minimum absolute atomic E-state index is 0.148. The number of nitrogens with one attached hydrogen (secondary N) is 1. The maximum atomic E-state index is 12.9. The van der Waals surface area contributed by atoms with E-state index >= 15 is 0 Å². The highest BCUT2D eigenvalue weighted by molar-refractivity contribution is 5.94. The lowest BCUT2D eigenvalue weighted by molar-refractivity contribution is -0.115. The Balaban J connectivity index is 1.82. The van der Waals surface area contributed by atoms with Crippen molar-refractivity contribution >= 4 is 17.6 Å². The third-order valence-electron chi connectivity index (χ3n) is 4.22. The Morgan fingerprint density at radius 3 is 2.22 bits per heavy atom. The van der Waals surface area contributed by atoms with Crippen molar-refractivity contribution in [3.8, 4) is 0 Å². The number of nitrogens with zero attached hydrogens (tertiary/aromatic N) is 1. The van der Waals surface area contributed by atoms with Crippen LogP contribution in [0.25, 0.3) is 0 Å². The van der Waals surface area contributed by atoms with Gasteiger partial charge in [0.25, 0.3) is 0 Å². The zero-order valence-corrected chi connectivity index (χ0v) is 15.7. The van der Waals surface area contributed by atoms with Crippen molar-refractivity contribution in [3.63, 3.8) is 0 Å². The Kier molecular flexibility index (Phi) is 7.95. The van der Waals surface area contributed by atoms with E-state index in [4.69, 9.17) is 4.74 Å². The summed E-state index contributed by atoms with van der Waals surface area (Å²) in [5.41, 5.74) is 1.75. The van der Waals surface area contributed by atoms with Gasteiger partial charge in [-0.25, -0.2) is 9.18 Å². The van der Waals surface area contributed by atoms with Gasteiger partial charge in [-0.3, -0.25) is 4.79 Å². The number of benzene rings is 2. The summed E-state index contributed by atoms with van der Waals surface area (Å²) in [7, 11) is 0. The van der Waals surface area contributed by atoms with Crippen molar-refractivity contribution in [1.82, 2.24) is 4.90 Å². The van der Waals surface area contributed by atoms with Gasteiger partial charge in [0.15, 0.2) is 0 Å². The molecule has 2 aromatic rings. The number of likely N-dealkylation sites (N-methyl/N-ethyl adjacent to an activating group) is 1. The minimum atomic E-state index is -0.383. The predicted molar refractivity (Wildman–Crippen MR) is 103 cm³/mol. The molecule has 0 saturated carbocycles. The van der Waals surface area contributed by atoms with E-state index in [-0.39, 0.29) is 24.1 Å². The average Bonchev–Trinajstić information content (AvgIpc) is 2.67. The van der Waals surface area contributed by atoms with Crippen molar-refractivity contribution in [2.45, 2.75) is 20.3 Å². The number of carbonyl (C=O) groups is 2. The lowest BCUT2D eigenvalue weighted by Crippen LogP contribution is -2.27. The molecular weight excluding hydrogens is 347 g/mol. The van der Waals surface area contributed by atoms with Crippen molar-refractivity contribution in [2.75, 3.05) is 31.6 Å². The van der Waals surface area contributed by atoms with Crippen molar-refractivity contribution in [3.05, 3.63) is 65.5 Å². The first-order valence-corrected chi connectivity index (χ1v) is 9.05. The summed E-state index contributed by atoms with van der Waals surface area (Å²) in [5, 5.41) is 2.75. The van der Waals surface area contributed by atoms with E-state index < -0.39 is 0 Å². The Hall–Kier alpha value is -2.73. The average molecular weight is 372 g/mol. The summed E-state index contributed by atoms with van der Waals surface area (Å²) in [6, 6.07) is 12.3. The van der Waals surface area contributed by atoms with E-state index in [1.807, 2.05) is 0 Å². The lowest BCUT2D eigenvalue weighted by atomic mass is 10.1. The second-order valence-corrected chi connectivity index (χ2v) is 6.09. The molecule has 0 unspecified atom stereocenters. The molecule has 0 heterocycles. The van der Waals surface area contributed by atoms with Crippen LogP contribution < -0.4 is 5.32 Å². The smallest absolute Gasteiger partial charge is 0.338 e. The van der Waals surface area contributed by atoms with Crippen LogP contribution in [-0.2, 0) is 16.0 Å². The Bertz CT molecular complexity index is 741. The number of anilines is 1. The second-order valence-electron chi connectivity index (χ2n) is 6.09. The molecule has 0 aliphatic rings. The number of hydrogen-bond acceptors (Lipinski definition) is 4. The molecule has 0 saturated heterocycles. The van der Waals surface area contributed by atoms with Gasteiger partial charge in [0.05, 0.1) is 12.0 Å². The number of hydrogen-bond donors (Lipinski definition) is 1. The van der Waals surface area contributed by atoms with E-state index in [2.05, 4.69) is 24.1 Å². The molecule has 1 N–H and O–H groups in total. The zero-order chi connectivity index (χ0) is 19.6. The summed E-state index contributed by atoms with van der Waals surface area (Å²) >= 11 is 0. The molecule has 1 amide bonds. The molecule has 0 bridgehead atoms. The van der Waals surface area contributed by atoms with Crippen LogP contribution in [0.5, 0.6) is 0 Å². The fraction of sp³-hybridized carbons (Fsp3) is 0.333. The Morgan fingerprint density at radius 2 is 1.63 bits per heavy atom. The second kappa shape index (κ2) is 10.4. The standard InChI is InChI=1S/C21H25FN2O3/c1-3-24(4-2)13-14-27-21(26)17-7-11-19(12-8-17)23-20(25)15-16-5-9-18(22)10-6-16/h5-12H,3-4,13-15H2,1-2H3,(H,23,25). The highest BCUT2D eigenvalue weighted by atomic mass is 19.1. The molecule has 27 heavy (non-hydrogen) atoms. The van der Waals surface area contributed by atoms with Crippen molar-refractivity contribution in [2.24, 2.45) is 0 Å². The maximum Gasteiger partial charge on any atom is 0.338 e. The quantitative estimate of drug-likeness (QED) is 0.685. The maximum absolute atomic E-state index is 12.9. The topological polar surface area (TPSA) is 58.6 Å². The van der Waals surface area contributed by atoms with E-state index in [9.17, 15) is 14.0 Å². The Morgan fingerprint density at radius 1 is 1.00 bits per heavy atom. The number of esters is 1. The van der Waals surface area contributed by atoms with Crippen LogP contribution in [0.1, 0.15) is 29.8 Å². The van der Waals surface area contributed by atoms with Gasteiger partial charge in [-0.2, -0.15) is 0 Å². The first kappa shape index (κ1) is 20.6. The van der Waals surface area contributed by atoms with Crippen LogP contribution in [-0.4, -0.2) is 43.0 Å². The van der Waals surface area contributed by atoms with E-state index in [0.717, 1.165) is 18.7 Å². The predicted octanol–water partition coefficient (Wildman–Crippen LogP) is 3.51. The first-order valence-electron chi connectivity index (χ1n) is 9.05. The number of halogens is 1. The van der Waals surface area contributed by atoms with E-state index in [1.165, 1.54) is 12.1 Å². The summed E-state index contributed by atoms with van der Waals surface area (Å²) in [4.78, 5) is 26.3. The third-order valence-corrected chi connectivity index (χ3v) is 4.22. The van der Waals surface area contributed by atoms with Gasteiger partial charge in [0.2, 0.25) is 5.91 Å². The minimum Gasteiger partial charge on any atom is -0.461 e. The van der Waals surface area contributed by atoms with Crippen LogP contribution >= 0.6 is 0 Å². The molecule has 0 fully saturated rings. The van der Waals surface area contributed by atoms with Gasteiger partial charge in [-0.15, -0.1) is 0 Å². The number of carbonyl (C=O) groups excluding carboxylic acids is 2. The highest BCUT2D eigenvalue weighted by Gasteiger charge is 2.09. The van der Waals surface area contributed by atoms with Gasteiger partial charge in [-0.1, -0.05) is 26.0 Å². The van der Waals surface area contributed by atoms with Crippen LogP contribution in [0, 0.1) is 5.82 Å². The third kappa shape index (κ3) is 6.83. The molecule has 0 spiro atoms. The number of ether oxygens (including phenoxy) is 1. The fourth-order valence-corrected chi connectivity index (χ4v) is 2.57. The Labute approximate surface area is 159 Å². The fourth-order valence-electron chi connectivity index (χ4n) is 2.57. The summed E-state index contributed by atoms with van der Waals surface area (Å²) < 4.78 is 18.2. The lowest BCUT2D eigenvalue weighted by Gasteiger charge is -2.17. The van der Waals surface area contributed by atoms with Gasteiger partial charge < -0.3 is 15.0 Å². The normalized spacial score (nSPS) is 10.7. The molecule has 0 radical (unpaired) electrons. The van der Waals surface area contributed by atoms with Gasteiger partial charge >= 0.3 is 5.97 Å². The van der Waals surface area contributed by atoms with Crippen LogP contribution in [0.3, 0.4) is 0 Å². The molecule has 2 rings (SSSR count). The highest BCUT2D eigenvalue weighted by Crippen LogP contribution is 2.12. The van der Waals surface area contributed by atoms with Crippen molar-refractivity contribution in [1.29, 1.82) is 0 Å². The molecule has 0 aliphatic heterocycles. The van der Waals surface area contributed by atoms with Crippen molar-refractivity contribution < 1.29 is 18.7 Å². The number of rotatable bonds is 9. The molecule has 0 aromatic heterocycles.